The van der Waals surface area contributed by atoms with Gasteiger partial charge in [-0.25, -0.2) is 0 Å². The number of rotatable bonds is 9. The van der Waals surface area contributed by atoms with E-state index in [2.05, 4.69) is 112 Å². The Bertz CT molecular complexity index is 1130. The molecule has 0 heterocycles. The van der Waals surface area contributed by atoms with Crippen molar-refractivity contribution < 1.29 is 14.0 Å². The molecule has 0 aliphatic heterocycles. The molecule has 0 radical (unpaired) electrons. The average Bonchev–Trinajstić information content (AvgIpc) is 3.68. The average molecular weight is 641 g/mol. The number of aliphatic hydroxyl groups excluding tert-OH is 1. The molecule has 0 aromatic carbocycles. The fraction of sp³-hybridized carbons (Fsp3) is 0.795. The van der Waals surface area contributed by atoms with Crippen molar-refractivity contribution in [3.05, 3.63) is 47.6 Å². The number of fused-ring (bicyclic) bond motifs is 1. The molecule has 4 aliphatic carbocycles. The fourth-order valence-corrected chi connectivity index (χ4v) is 10.6. The quantitative estimate of drug-likeness (QED) is 0.201. The van der Waals surface area contributed by atoms with Crippen molar-refractivity contribution in [2.45, 2.75) is 168 Å². The van der Waals surface area contributed by atoms with Gasteiger partial charge in [-0.3, -0.25) is 0 Å². The Kier molecular flexibility index (Phi) is 10.7. The van der Waals surface area contributed by atoms with Crippen molar-refractivity contribution in [1.29, 1.82) is 0 Å². The topological polar surface area (TPSA) is 38.7 Å². The minimum absolute atomic E-state index is 0.0233. The molecule has 4 rings (SSSR count). The first-order valence-corrected chi connectivity index (χ1v) is 23.8. The van der Waals surface area contributed by atoms with Gasteiger partial charge >= 0.3 is 0 Å². The van der Waals surface area contributed by atoms with Crippen molar-refractivity contribution in [1.82, 2.24) is 0 Å². The van der Waals surface area contributed by atoms with Crippen LogP contribution in [0.4, 0.5) is 0 Å². The number of allylic oxidation sites excluding steroid dienone is 4. The van der Waals surface area contributed by atoms with Crippen LogP contribution < -0.4 is 0 Å². The lowest BCUT2D eigenvalue weighted by Crippen LogP contribution is -2.49. The van der Waals surface area contributed by atoms with E-state index in [-0.39, 0.29) is 28.4 Å². The molecule has 4 fully saturated rings. The molecule has 0 aromatic rings. The molecule has 0 unspecified atom stereocenters. The minimum atomic E-state index is -1.98. The number of aliphatic hydroxyl groups is 1. The van der Waals surface area contributed by atoms with Crippen molar-refractivity contribution in [2.24, 2.45) is 29.1 Å². The molecule has 44 heavy (non-hydrogen) atoms. The monoisotopic (exact) mass is 640 g/mol. The van der Waals surface area contributed by atoms with Crippen LogP contribution in [0.15, 0.2) is 47.6 Å². The molecule has 3 nitrogen and oxygen atoms in total. The summed E-state index contributed by atoms with van der Waals surface area (Å²) in [7, 11) is -3.90. The smallest absolute Gasteiger partial charge is 0.192 e. The second-order valence-electron chi connectivity index (χ2n) is 18.4. The molecule has 1 N–H and O–H groups in total. The lowest BCUT2D eigenvalue weighted by molar-refractivity contribution is 0.0969. The highest BCUT2D eigenvalue weighted by Gasteiger charge is 2.50. The first kappa shape index (κ1) is 36.1. The predicted molar refractivity (Wildman–Crippen MR) is 194 cm³/mol. The van der Waals surface area contributed by atoms with Crippen LogP contribution in [0.3, 0.4) is 0 Å². The first-order valence-electron chi connectivity index (χ1n) is 18.0. The molecule has 0 saturated heterocycles. The summed E-state index contributed by atoms with van der Waals surface area (Å²) in [6, 6.07) is 0. The maximum Gasteiger partial charge on any atom is 0.192 e. The van der Waals surface area contributed by atoms with Gasteiger partial charge in [-0.05, 0) is 128 Å². The summed E-state index contributed by atoms with van der Waals surface area (Å²) < 4.78 is 14.2. The summed E-state index contributed by atoms with van der Waals surface area (Å²) in [5.74, 6) is 2.35. The molecule has 4 aliphatic rings. The molecule has 5 heteroatoms. The van der Waals surface area contributed by atoms with Crippen molar-refractivity contribution in [3.8, 4) is 0 Å². The highest BCUT2D eigenvalue weighted by atomic mass is 28.4. The van der Waals surface area contributed by atoms with Crippen LogP contribution in [-0.2, 0) is 8.85 Å². The Labute approximate surface area is 274 Å². The molecule has 0 bridgehead atoms. The van der Waals surface area contributed by atoms with E-state index < -0.39 is 16.6 Å². The fourth-order valence-electron chi connectivity index (χ4n) is 7.93. The Balaban J connectivity index is 1.57. The van der Waals surface area contributed by atoms with Gasteiger partial charge in [-0.15, -0.1) is 0 Å². The summed E-state index contributed by atoms with van der Waals surface area (Å²) in [6.07, 6.45) is 19.9. The molecule has 0 amide bonds. The Morgan fingerprint density at radius 3 is 2.11 bits per heavy atom. The summed E-state index contributed by atoms with van der Waals surface area (Å²) in [5.41, 5.74) is 4.49. The van der Waals surface area contributed by atoms with Gasteiger partial charge in [0, 0.05) is 6.42 Å². The van der Waals surface area contributed by atoms with Crippen molar-refractivity contribution in [2.75, 3.05) is 0 Å². The van der Waals surface area contributed by atoms with E-state index in [1.54, 1.807) is 5.57 Å². The van der Waals surface area contributed by atoms with E-state index in [0.717, 1.165) is 12.8 Å². The van der Waals surface area contributed by atoms with E-state index in [9.17, 15) is 5.11 Å². The molecular formula is C39H68O3Si2. The van der Waals surface area contributed by atoms with Gasteiger partial charge in [0.2, 0.25) is 0 Å². The van der Waals surface area contributed by atoms with Crippen LogP contribution in [0.25, 0.3) is 0 Å². The molecular weight excluding hydrogens is 573 g/mol. The number of hydrogen-bond donors (Lipinski definition) is 1. The van der Waals surface area contributed by atoms with Gasteiger partial charge in [0.1, 0.15) is 0 Å². The summed E-state index contributed by atoms with van der Waals surface area (Å²) in [5, 5.41) is 10.8. The van der Waals surface area contributed by atoms with Crippen molar-refractivity contribution >= 4 is 16.6 Å². The zero-order valence-electron chi connectivity index (χ0n) is 30.7. The second-order valence-corrected chi connectivity index (χ2v) is 27.9. The summed E-state index contributed by atoms with van der Waals surface area (Å²) in [4.78, 5) is 0. The van der Waals surface area contributed by atoms with Crippen LogP contribution in [0.1, 0.15) is 113 Å². The standard InChI is InChI=1S/C39H68O3Si2/c1-27(16-23-35(40)30-18-19-30)33-21-22-34-29(15-14-24-39(33,34)9)17-20-31-25-32(41-43(10,11)37(3,4)5)26-36(28(31)2)42-44(12,13)38(6,7)8/h16-17,20,23,27,30,32-36,40H,2,14-15,18-19,21-22,24-26H2,1,3-13H3/b23-16+,29-17+,31-20+/t27-,32-,33+,34+,35-,36+,39-/m1/s1. The van der Waals surface area contributed by atoms with Gasteiger partial charge < -0.3 is 14.0 Å². The Morgan fingerprint density at radius 1 is 0.909 bits per heavy atom. The Hall–Kier alpha value is -0.726. The normalized spacial score (nSPS) is 34.2. The SMILES string of the molecule is C=C1/C(=C/C=C2\CCC[C@@]3(C)[C@H]2CC[C@H]3[C@H](C)/C=C/[C@@H](O)C2CC2)C[C@@H](O[Si](C)(C)C(C)(C)C)C[C@@H]1O[Si](C)(C)C(C)(C)C. The van der Waals surface area contributed by atoms with E-state index in [1.807, 2.05) is 0 Å². The third-order valence-corrected chi connectivity index (χ3v) is 22.1. The van der Waals surface area contributed by atoms with E-state index in [0.29, 0.717) is 29.1 Å². The minimum Gasteiger partial charge on any atom is -0.413 e. The zero-order chi connectivity index (χ0) is 32.9. The van der Waals surface area contributed by atoms with Crippen molar-refractivity contribution in [3.63, 3.8) is 0 Å². The van der Waals surface area contributed by atoms with E-state index >= 15 is 0 Å². The van der Waals surface area contributed by atoms with Gasteiger partial charge in [-0.1, -0.05) is 91.8 Å². The Morgan fingerprint density at radius 2 is 1.52 bits per heavy atom. The van der Waals surface area contributed by atoms with E-state index in [4.69, 9.17) is 8.85 Å². The highest BCUT2D eigenvalue weighted by Crippen LogP contribution is 2.59. The predicted octanol–water partition coefficient (Wildman–Crippen LogP) is 11.1. The van der Waals surface area contributed by atoms with Crippen LogP contribution in [0.5, 0.6) is 0 Å². The van der Waals surface area contributed by atoms with Crippen LogP contribution in [0, 0.1) is 29.1 Å². The summed E-state index contributed by atoms with van der Waals surface area (Å²) >= 11 is 0. The zero-order valence-corrected chi connectivity index (χ0v) is 32.7. The lowest BCUT2D eigenvalue weighted by Gasteiger charge is -2.45. The first-order chi connectivity index (χ1) is 20.2. The molecule has 0 aromatic heterocycles. The molecule has 0 spiro atoms. The maximum atomic E-state index is 10.5. The second kappa shape index (κ2) is 13.1. The van der Waals surface area contributed by atoms with Crippen LogP contribution in [-0.4, -0.2) is 40.1 Å². The largest absolute Gasteiger partial charge is 0.413 e. The van der Waals surface area contributed by atoms with E-state index in [1.165, 1.54) is 56.1 Å². The molecule has 250 valence electrons. The lowest BCUT2D eigenvalue weighted by atomic mass is 9.61. The summed E-state index contributed by atoms with van der Waals surface area (Å²) in [6.45, 7) is 33.2. The molecule has 4 saturated carbocycles. The highest BCUT2D eigenvalue weighted by molar-refractivity contribution is 6.74. The maximum absolute atomic E-state index is 10.5. The molecule has 7 atom stereocenters. The van der Waals surface area contributed by atoms with Crippen LogP contribution in [0.2, 0.25) is 36.3 Å². The third kappa shape index (κ3) is 7.86. The van der Waals surface area contributed by atoms with Gasteiger partial charge in [0.05, 0.1) is 18.3 Å². The van der Waals surface area contributed by atoms with Gasteiger partial charge in [0.15, 0.2) is 16.6 Å². The van der Waals surface area contributed by atoms with Gasteiger partial charge in [-0.2, -0.15) is 0 Å². The third-order valence-electron chi connectivity index (χ3n) is 13.1. The van der Waals surface area contributed by atoms with Gasteiger partial charge in [0.25, 0.3) is 0 Å². The van der Waals surface area contributed by atoms with Crippen LogP contribution >= 0.6 is 0 Å². The number of hydrogen-bond acceptors (Lipinski definition) is 3.